The Kier molecular flexibility index (Phi) is 6.98. The Labute approximate surface area is 226 Å². The second kappa shape index (κ2) is 10.5. The number of hydrogen-bond acceptors (Lipinski definition) is 7. The standard InChI is InChI=1S/C32H28O7/c1-5-27(33)38-30-25-9-7-6-8-24(25)29-26(28(30)31(34)37-4)18-19-32(39-29,20-10-14-22(35-2)15-11-20)21-12-16-23(36-3)17-13-21/h6-19H,5H2,1-4H3. The van der Waals surface area contributed by atoms with Crippen LogP contribution in [0.1, 0.15) is 40.4 Å². The minimum atomic E-state index is -1.05. The number of carbonyl (C=O) groups excluding carboxylic acids is 2. The summed E-state index contributed by atoms with van der Waals surface area (Å²) in [5, 5.41) is 1.25. The van der Waals surface area contributed by atoms with E-state index in [2.05, 4.69) is 0 Å². The van der Waals surface area contributed by atoms with E-state index in [-0.39, 0.29) is 17.7 Å². The summed E-state index contributed by atoms with van der Waals surface area (Å²) < 4.78 is 28.6. The Balaban J connectivity index is 1.80. The van der Waals surface area contributed by atoms with E-state index in [0.717, 1.165) is 11.1 Å². The highest BCUT2D eigenvalue weighted by Gasteiger charge is 2.40. The highest BCUT2D eigenvalue weighted by Crippen LogP contribution is 2.49. The van der Waals surface area contributed by atoms with Gasteiger partial charge in [0.05, 0.1) is 21.3 Å². The molecule has 0 amide bonds. The van der Waals surface area contributed by atoms with Gasteiger partial charge in [-0.15, -0.1) is 0 Å². The van der Waals surface area contributed by atoms with Crippen molar-refractivity contribution in [3.05, 3.63) is 101 Å². The summed E-state index contributed by atoms with van der Waals surface area (Å²) in [5.41, 5.74) is 1.24. The third kappa shape index (κ3) is 4.46. The van der Waals surface area contributed by atoms with Gasteiger partial charge < -0.3 is 23.7 Å². The largest absolute Gasteiger partial charge is 0.497 e. The second-order valence-electron chi connectivity index (χ2n) is 8.94. The highest BCUT2D eigenvalue weighted by molar-refractivity contribution is 6.09. The van der Waals surface area contributed by atoms with Crippen molar-refractivity contribution < 1.29 is 33.3 Å². The fraction of sp³-hybridized carbons (Fsp3) is 0.188. The molecule has 0 radical (unpaired) electrons. The number of esters is 2. The average molecular weight is 525 g/mol. The first-order valence-electron chi connectivity index (χ1n) is 12.5. The molecule has 0 bridgehead atoms. The van der Waals surface area contributed by atoms with Crippen molar-refractivity contribution in [3.8, 4) is 23.0 Å². The lowest BCUT2D eigenvalue weighted by molar-refractivity contribution is -0.133. The Bertz CT molecular complexity index is 1520. The Morgan fingerprint density at radius 2 is 1.36 bits per heavy atom. The van der Waals surface area contributed by atoms with Crippen LogP contribution in [0, 0.1) is 0 Å². The maximum Gasteiger partial charge on any atom is 0.342 e. The summed E-state index contributed by atoms with van der Waals surface area (Å²) in [6.45, 7) is 1.70. The van der Waals surface area contributed by atoms with Gasteiger partial charge in [-0.05, 0) is 36.4 Å². The predicted molar refractivity (Wildman–Crippen MR) is 148 cm³/mol. The third-order valence-electron chi connectivity index (χ3n) is 6.84. The first-order chi connectivity index (χ1) is 18.9. The van der Waals surface area contributed by atoms with Crippen LogP contribution in [0.2, 0.25) is 0 Å². The summed E-state index contributed by atoms with van der Waals surface area (Å²) in [4.78, 5) is 25.5. The van der Waals surface area contributed by atoms with Gasteiger partial charge in [-0.1, -0.05) is 55.5 Å². The molecule has 7 nitrogen and oxygen atoms in total. The third-order valence-corrected chi connectivity index (χ3v) is 6.84. The van der Waals surface area contributed by atoms with E-state index in [1.54, 1.807) is 27.2 Å². The quantitative estimate of drug-likeness (QED) is 0.207. The van der Waals surface area contributed by atoms with Gasteiger partial charge in [-0.2, -0.15) is 0 Å². The lowest BCUT2D eigenvalue weighted by Gasteiger charge is -2.37. The molecule has 5 rings (SSSR count). The summed E-state index contributed by atoms with van der Waals surface area (Å²) in [5.74, 6) is 0.950. The number of methoxy groups -OCH3 is 3. The van der Waals surface area contributed by atoms with E-state index < -0.39 is 17.5 Å². The van der Waals surface area contributed by atoms with Crippen molar-refractivity contribution in [1.82, 2.24) is 0 Å². The minimum absolute atomic E-state index is 0.127. The predicted octanol–water partition coefficient (Wildman–Crippen LogP) is 6.31. The van der Waals surface area contributed by atoms with Crippen LogP contribution < -0.4 is 18.9 Å². The second-order valence-corrected chi connectivity index (χ2v) is 8.94. The van der Waals surface area contributed by atoms with Crippen LogP contribution in [-0.2, 0) is 15.1 Å². The Morgan fingerprint density at radius 1 is 0.795 bits per heavy atom. The van der Waals surface area contributed by atoms with Crippen molar-refractivity contribution in [2.45, 2.75) is 18.9 Å². The Morgan fingerprint density at radius 3 is 1.87 bits per heavy atom. The van der Waals surface area contributed by atoms with Crippen LogP contribution in [0.5, 0.6) is 23.0 Å². The molecule has 0 saturated carbocycles. The van der Waals surface area contributed by atoms with E-state index in [0.29, 0.717) is 33.6 Å². The molecule has 0 fully saturated rings. The number of ether oxygens (including phenoxy) is 5. The number of benzene rings is 4. The molecule has 0 unspecified atom stereocenters. The number of carbonyl (C=O) groups is 2. The molecule has 0 atom stereocenters. The van der Waals surface area contributed by atoms with Crippen molar-refractivity contribution in [1.29, 1.82) is 0 Å². The molecule has 4 aromatic carbocycles. The van der Waals surface area contributed by atoms with Gasteiger partial charge >= 0.3 is 11.9 Å². The van der Waals surface area contributed by atoms with Gasteiger partial charge in [-0.3, -0.25) is 4.79 Å². The normalized spacial score (nSPS) is 13.2. The van der Waals surface area contributed by atoms with Crippen LogP contribution in [0.4, 0.5) is 0 Å². The minimum Gasteiger partial charge on any atom is -0.497 e. The monoisotopic (exact) mass is 524 g/mol. The summed E-state index contributed by atoms with van der Waals surface area (Å²) >= 11 is 0. The van der Waals surface area contributed by atoms with Crippen LogP contribution in [0.3, 0.4) is 0 Å². The number of hydrogen-bond donors (Lipinski definition) is 0. The van der Waals surface area contributed by atoms with E-state index in [9.17, 15) is 9.59 Å². The molecule has 0 spiro atoms. The summed E-state index contributed by atoms with van der Waals surface area (Å²) in [6.07, 6.45) is 3.87. The lowest BCUT2D eigenvalue weighted by Crippen LogP contribution is -2.34. The molecule has 4 aromatic rings. The number of fused-ring (bicyclic) bond motifs is 3. The molecule has 0 aromatic heterocycles. The molecule has 1 aliphatic rings. The number of rotatable bonds is 7. The summed E-state index contributed by atoms with van der Waals surface area (Å²) in [7, 11) is 4.53. The average Bonchev–Trinajstić information content (AvgIpc) is 3.00. The van der Waals surface area contributed by atoms with Crippen LogP contribution in [0.15, 0.2) is 78.9 Å². The molecule has 0 aliphatic carbocycles. The molecular weight excluding hydrogens is 496 g/mol. The molecule has 198 valence electrons. The van der Waals surface area contributed by atoms with E-state index in [4.69, 9.17) is 23.7 Å². The first kappa shape index (κ1) is 25.9. The van der Waals surface area contributed by atoms with E-state index in [1.165, 1.54) is 7.11 Å². The fourth-order valence-corrected chi connectivity index (χ4v) is 4.81. The van der Waals surface area contributed by atoms with Gasteiger partial charge in [0, 0.05) is 33.9 Å². The molecule has 1 aliphatic heterocycles. The topological polar surface area (TPSA) is 80.3 Å². The smallest absolute Gasteiger partial charge is 0.342 e. The maximum atomic E-state index is 13.1. The molecule has 39 heavy (non-hydrogen) atoms. The SMILES string of the molecule is CCC(=O)Oc1c(C(=O)OC)c2c(c3ccccc13)OC(c1ccc(OC)cc1)(c1ccc(OC)cc1)C=C2. The first-order valence-corrected chi connectivity index (χ1v) is 12.5. The van der Waals surface area contributed by atoms with Crippen molar-refractivity contribution in [2.24, 2.45) is 0 Å². The molecule has 1 heterocycles. The van der Waals surface area contributed by atoms with E-state index >= 15 is 0 Å². The highest BCUT2D eigenvalue weighted by atomic mass is 16.5. The van der Waals surface area contributed by atoms with Gasteiger partial charge in [0.25, 0.3) is 0 Å². The lowest BCUT2D eigenvalue weighted by atomic mass is 9.82. The van der Waals surface area contributed by atoms with Crippen LogP contribution >= 0.6 is 0 Å². The molecular formula is C32H28O7. The molecule has 0 saturated heterocycles. The zero-order valence-electron chi connectivity index (χ0n) is 22.1. The molecule has 0 N–H and O–H groups in total. The maximum absolute atomic E-state index is 13.1. The van der Waals surface area contributed by atoms with Gasteiger partial charge in [0.1, 0.15) is 22.8 Å². The fourth-order valence-electron chi connectivity index (χ4n) is 4.81. The van der Waals surface area contributed by atoms with Crippen LogP contribution in [0.25, 0.3) is 16.8 Å². The van der Waals surface area contributed by atoms with Crippen molar-refractivity contribution in [3.63, 3.8) is 0 Å². The van der Waals surface area contributed by atoms with Gasteiger partial charge in [-0.25, -0.2) is 4.79 Å². The molecule has 7 heteroatoms. The summed E-state index contributed by atoms with van der Waals surface area (Å²) in [6, 6.07) is 22.6. The van der Waals surface area contributed by atoms with E-state index in [1.807, 2.05) is 78.9 Å². The zero-order valence-corrected chi connectivity index (χ0v) is 22.1. The van der Waals surface area contributed by atoms with Gasteiger partial charge in [0.15, 0.2) is 11.4 Å². The van der Waals surface area contributed by atoms with Crippen molar-refractivity contribution in [2.75, 3.05) is 21.3 Å². The van der Waals surface area contributed by atoms with Gasteiger partial charge in [0.2, 0.25) is 0 Å². The Hall–Kier alpha value is -4.78. The van der Waals surface area contributed by atoms with Crippen molar-refractivity contribution >= 4 is 28.8 Å². The van der Waals surface area contributed by atoms with Crippen LogP contribution in [-0.4, -0.2) is 33.3 Å². The zero-order chi connectivity index (χ0) is 27.6.